The summed E-state index contributed by atoms with van der Waals surface area (Å²) in [5, 5.41) is 8.19. The fourth-order valence-corrected chi connectivity index (χ4v) is 1.93. The summed E-state index contributed by atoms with van der Waals surface area (Å²) in [5.74, 6) is 0.593. The highest BCUT2D eigenvalue weighted by Crippen LogP contribution is 2.41. The van der Waals surface area contributed by atoms with E-state index in [1.165, 1.54) is 11.8 Å². The van der Waals surface area contributed by atoms with Crippen LogP contribution in [0.3, 0.4) is 0 Å². The van der Waals surface area contributed by atoms with E-state index in [0.717, 1.165) is 18.5 Å². The Balaban J connectivity index is 2.01. The van der Waals surface area contributed by atoms with Gasteiger partial charge in [0.05, 0.1) is 11.2 Å². The largest absolute Gasteiger partial charge is 0.328 e. The summed E-state index contributed by atoms with van der Waals surface area (Å²) in [5.41, 5.74) is 6.55. The van der Waals surface area contributed by atoms with E-state index in [1.807, 2.05) is 10.9 Å². The van der Waals surface area contributed by atoms with Crippen molar-refractivity contribution >= 4 is 16.9 Å². The second-order valence-electron chi connectivity index (χ2n) is 3.86. The third kappa shape index (κ3) is 2.21. The first-order chi connectivity index (χ1) is 7.16. The van der Waals surface area contributed by atoms with Gasteiger partial charge in [-0.05, 0) is 12.8 Å². The van der Waals surface area contributed by atoms with Gasteiger partial charge in [-0.3, -0.25) is 4.79 Å². The van der Waals surface area contributed by atoms with Crippen molar-refractivity contribution in [3.05, 3.63) is 11.9 Å². The lowest BCUT2D eigenvalue weighted by molar-refractivity contribution is -0.109. The van der Waals surface area contributed by atoms with E-state index in [0.29, 0.717) is 12.3 Å². The molecule has 0 saturated heterocycles. The normalized spacial score (nSPS) is 17.7. The molecule has 0 bridgehead atoms. The summed E-state index contributed by atoms with van der Waals surface area (Å²) in [6, 6.07) is 0. The molecule has 1 aliphatic carbocycles. The average molecular weight is 226 g/mol. The number of thioether (sulfide) groups is 1. The second kappa shape index (κ2) is 3.94. The number of aromatic nitrogens is 3. The van der Waals surface area contributed by atoms with Gasteiger partial charge in [0.1, 0.15) is 0 Å². The van der Waals surface area contributed by atoms with Crippen LogP contribution in [0.4, 0.5) is 0 Å². The zero-order chi connectivity index (χ0) is 10.9. The highest BCUT2D eigenvalue weighted by atomic mass is 32.2. The standard InChI is InChI=1S/C9H14N4OS/c1-7(14)15-5-8-4-13(12-11-8)9(6-10)2-3-9/h4H,2-3,5-6,10H2,1H3. The van der Waals surface area contributed by atoms with Crippen LogP contribution in [-0.4, -0.2) is 26.7 Å². The summed E-state index contributed by atoms with van der Waals surface area (Å²) in [4.78, 5) is 10.8. The van der Waals surface area contributed by atoms with E-state index >= 15 is 0 Å². The highest BCUT2D eigenvalue weighted by molar-refractivity contribution is 8.12. The minimum atomic E-state index is 0.0200. The van der Waals surface area contributed by atoms with Crippen LogP contribution in [-0.2, 0) is 16.1 Å². The lowest BCUT2D eigenvalue weighted by Crippen LogP contribution is -2.27. The van der Waals surface area contributed by atoms with Crippen molar-refractivity contribution in [2.75, 3.05) is 6.54 Å². The zero-order valence-electron chi connectivity index (χ0n) is 8.64. The van der Waals surface area contributed by atoms with Crippen LogP contribution >= 0.6 is 11.8 Å². The van der Waals surface area contributed by atoms with Crippen LogP contribution in [0, 0.1) is 0 Å². The van der Waals surface area contributed by atoms with Gasteiger partial charge in [-0.15, -0.1) is 5.10 Å². The first kappa shape index (κ1) is 10.6. The molecule has 5 nitrogen and oxygen atoms in total. The number of hydrogen-bond acceptors (Lipinski definition) is 5. The van der Waals surface area contributed by atoms with Gasteiger partial charge in [-0.2, -0.15) is 0 Å². The second-order valence-corrected chi connectivity index (χ2v) is 5.02. The molecule has 0 aromatic carbocycles. The molecule has 2 rings (SSSR count). The molecule has 1 aromatic heterocycles. The van der Waals surface area contributed by atoms with Gasteiger partial charge in [0.25, 0.3) is 0 Å². The Morgan fingerprint density at radius 1 is 1.73 bits per heavy atom. The number of carbonyl (C=O) groups is 1. The highest BCUT2D eigenvalue weighted by Gasteiger charge is 2.44. The molecule has 2 N–H and O–H groups in total. The lowest BCUT2D eigenvalue weighted by Gasteiger charge is -2.10. The number of nitrogens with two attached hydrogens (primary N) is 1. The van der Waals surface area contributed by atoms with E-state index in [9.17, 15) is 4.79 Å². The molecule has 0 unspecified atom stereocenters. The van der Waals surface area contributed by atoms with Crippen LogP contribution in [0.1, 0.15) is 25.5 Å². The van der Waals surface area contributed by atoms with Crippen LogP contribution in [0.5, 0.6) is 0 Å². The summed E-state index contributed by atoms with van der Waals surface area (Å²) >= 11 is 1.25. The van der Waals surface area contributed by atoms with E-state index in [4.69, 9.17) is 5.73 Å². The molecule has 82 valence electrons. The third-order valence-electron chi connectivity index (χ3n) is 2.66. The summed E-state index contributed by atoms with van der Waals surface area (Å²) in [6.45, 7) is 2.16. The third-order valence-corrected chi connectivity index (χ3v) is 3.50. The predicted octanol–water partition coefficient (Wildman–Crippen LogP) is 0.506. The van der Waals surface area contributed by atoms with Crippen LogP contribution in [0.25, 0.3) is 0 Å². The van der Waals surface area contributed by atoms with Gasteiger partial charge >= 0.3 is 0 Å². The first-order valence-electron chi connectivity index (χ1n) is 4.91. The monoisotopic (exact) mass is 226 g/mol. The molecule has 1 aliphatic rings. The smallest absolute Gasteiger partial charge is 0.186 e. The Morgan fingerprint density at radius 3 is 3.00 bits per heavy atom. The number of hydrogen-bond donors (Lipinski definition) is 1. The van der Waals surface area contributed by atoms with Crippen molar-refractivity contribution in [3.8, 4) is 0 Å². The SMILES string of the molecule is CC(=O)SCc1cn(C2(CN)CC2)nn1. The van der Waals surface area contributed by atoms with Gasteiger partial charge in [-0.1, -0.05) is 17.0 Å². The Morgan fingerprint density at radius 2 is 2.47 bits per heavy atom. The molecule has 15 heavy (non-hydrogen) atoms. The Labute approximate surface area is 92.4 Å². The maximum absolute atomic E-state index is 10.8. The Bertz CT molecular complexity index is 372. The fraction of sp³-hybridized carbons (Fsp3) is 0.667. The fourth-order valence-electron chi connectivity index (χ4n) is 1.44. The Hall–Kier alpha value is -0.880. The van der Waals surface area contributed by atoms with Crippen molar-refractivity contribution in [3.63, 3.8) is 0 Å². The van der Waals surface area contributed by atoms with E-state index in [2.05, 4.69) is 10.3 Å². The molecule has 0 aliphatic heterocycles. The van der Waals surface area contributed by atoms with Crippen LogP contribution < -0.4 is 5.73 Å². The molecule has 1 heterocycles. The Kier molecular flexibility index (Phi) is 2.79. The summed E-state index contributed by atoms with van der Waals surface area (Å²) in [7, 11) is 0. The first-order valence-corrected chi connectivity index (χ1v) is 5.90. The molecule has 1 fully saturated rings. The van der Waals surface area contributed by atoms with Gasteiger partial charge in [-0.25, -0.2) is 4.68 Å². The predicted molar refractivity (Wildman–Crippen MR) is 58.3 cm³/mol. The van der Waals surface area contributed by atoms with Crippen molar-refractivity contribution in [1.82, 2.24) is 15.0 Å². The topological polar surface area (TPSA) is 73.8 Å². The van der Waals surface area contributed by atoms with Gasteiger partial charge in [0.2, 0.25) is 0 Å². The number of nitrogens with zero attached hydrogens (tertiary/aromatic N) is 3. The average Bonchev–Trinajstić information content (AvgIpc) is 2.87. The van der Waals surface area contributed by atoms with Crippen molar-refractivity contribution in [2.45, 2.75) is 31.1 Å². The van der Waals surface area contributed by atoms with Crippen molar-refractivity contribution < 1.29 is 4.79 Å². The molecular formula is C9H14N4OS. The van der Waals surface area contributed by atoms with Crippen molar-refractivity contribution in [2.24, 2.45) is 5.73 Å². The number of rotatable bonds is 4. The summed E-state index contributed by atoms with van der Waals surface area (Å²) < 4.78 is 1.85. The minimum Gasteiger partial charge on any atom is -0.328 e. The molecule has 0 spiro atoms. The quantitative estimate of drug-likeness (QED) is 0.809. The maximum Gasteiger partial charge on any atom is 0.186 e. The summed E-state index contributed by atoms with van der Waals surface area (Å²) in [6.07, 6.45) is 4.05. The molecular weight excluding hydrogens is 212 g/mol. The zero-order valence-corrected chi connectivity index (χ0v) is 9.46. The van der Waals surface area contributed by atoms with Gasteiger partial charge in [0.15, 0.2) is 5.12 Å². The molecule has 0 atom stereocenters. The molecule has 1 saturated carbocycles. The van der Waals surface area contributed by atoms with E-state index in [1.54, 1.807) is 6.92 Å². The minimum absolute atomic E-state index is 0.0200. The van der Waals surface area contributed by atoms with Crippen molar-refractivity contribution in [1.29, 1.82) is 0 Å². The van der Waals surface area contributed by atoms with Crippen LogP contribution in [0.15, 0.2) is 6.20 Å². The molecule has 0 radical (unpaired) electrons. The number of carbonyl (C=O) groups excluding carboxylic acids is 1. The molecule has 1 aromatic rings. The molecule has 6 heteroatoms. The lowest BCUT2D eigenvalue weighted by atomic mass is 10.3. The molecule has 0 amide bonds. The van der Waals surface area contributed by atoms with E-state index < -0.39 is 0 Å². The van der Waals surface area contributed by atoms with Gasteiger partial charge < -0.3 is 5.73 Å². The van der Waals surface area contributed by atoms with Crippen LogP contribution in [0.2, 0.25) is 0 Å². The van der Waals surface area contributed by atoms with E-state index in [-0.39, 0.29) is 10.7 Å². The maximum atomic E-state index is 10.8. The van der Waals surface area contributed by atoms with Gasteiger partial charge in [0, 0.05) is 25.4 Å².